The number of carbonyl (C=O) groups excluding carboxylic acids is 1. The van der Waals surface area contributed by atoms with E-state index in [-0.39, 0.29) is 18.2 Å². The topological polar surface area (TPSA) is 78.6 Å². The van der Waals surface area contributed by atoms with Gasteiger partial charge in [0.25, 0.3) is 0 Å². The van der Waals surface area contributed by atoms with Gasteiger partial charge < -0.3 is 21.1 Å². The summed E-state index contributed by atoms with van der Waals surface area (Å²) in [5.41, 5.74) is 6.09. The summed E-state index contributed by atoms with van der Waals surface area (Å²) < 4.78 is 13.5. The maximum Gasteiger partial charge on any atom is 0.224 e. The second kappa shape index (κ2) is 9.31. The Morgan fingerprint density at radius 2 is 2.10 bits per heavy atom. The third kappa shape index (κ3) is 6.55. The molecule has 1 amide bonds. The molecule has 0 saturated heterocycles. The molecule has 0 aliphatic heterocycles. The molecular formula is C15H24FN3O2. The molecule has 21 heavy (non-hydrogen) atoms. The van der Waals surface area contributed by atoms with Crippen molar-refractivity contribution in [2.75, 3.05) is 37.3 Å². The average molecular weight is 297 g/mol. The number of nitrogens with one attached hydrogen (secondary N) is 1. The molecule has 1 aromatic carbocycles. The van der Waals surface area contributed by atoms with Crippen molar-refractivity contribution in [1.29, 1.82) is 0 Å². The Hall–Kier alpha value is -1.66. The zero-order valence-electron chi connectivity index (χ0n) is 12.4. The first kappa shape index (κ1) is 17.4. The molecule has 0 aliphatic carbocycles. The highest BCUT2D eigenvalue weighted by atomic mass is 19.1. The number of amides is 1. The Morgan fingerprint density at radius 1 is 1.38 bits per heavy atom. The van der Waals surface area contributed by atoms with Crippen LogP contribution in [0.2, 0.25) is 0 Å². The number of nitrogens with zero attached hydrogens (tertiary/aromatic N) is 1. The summed E-state index contributed by atoms with van der Waals surface area (Å²) in [5.74, 6) is -0.714. The summed E-state index contributed by atoms with van der Waals surface area (Å²) >= 11 is 0. The van der Waals surface area contributed by atoms with E-state index < -0.39 is 5.82 Å². The fourth-order valence-electron chi connectivity index (χ4n) is 2.04. The van der Waals surface area contributed by atoms with Gasteiger partial charge in [-0.05, 0) is 44.1 Å². The van der Waals surface area contributed by atoms with Crippen LogP contribution < -0.4 is 11.1 Å². The molecule has 4 N–H and O–H groups in total. The summed E-state index contributed by atoms with van der Waals surface area (Å²) in [7, 11) is 0. The average Bonchev–Trinajstić information content (AvgIpc) is 2.46. The van der Waals surface area contributed by atoms with Gasteiger partial charge in [-0.3, -0.25) is 4.79 Å². The van der Waals surface area contributed by atoms with Crippen molar-refractivity contribution in [1.82, 2.24) is 4.90 Å². The predicted molar refractivity (Wildman–Crippen MR) is 82.5 cm³/mol. The molecule has 0 unspecified atom stereocenters. The van der Waals surface area contributed by atoms with Crippen molar-refractivity contribution >= 4 is 17.3 Å². The Kier molecular flexibility index (Phi) is 7.71. The number of halogens is 1. The van der Waals surface area contributed by atoms with Crippen molar-refractivity contribution in [3.8, 4) is 0 Å². The summed E-state index contributed by atoms with van der Waals surface area (Å²) in [6.45, 7) is 4.69. The molecule has 1 aromatic rings. The molecular weight excluding hydrogens is 273 g/mol. The SMILES string of the molecule is CCN(CCCO)CCCC(=O)Nc1cc(N)ccc1F. The van der Waals surface area contributed by atoms with E-state index in [1.54, 1.807) is 0 Å². The van der Waals surface area contributed by atoms with E-state index in [9.17, 15) is 9.18 Å². The molecule has 0 saturated carbocycles. The lowest BCUT2D eigenvalue weighted by molar-refractivity contribution is -0.116. The van der Waals surface area contributed by atoms with Crippen LogP contribution in [0.4, 0.5) is 15.8 Å². The molecule has 0 fully saturated rings. The van der Waals surface area contributed by atoms with Gasteiger partial charge in [-0.2, -0.15) is 0 Å². The van der Waals surface area contributed by atoms with Crippen molar-refractivity contribution < 1.29 is 14.3 Å². The molecule has 1 rings (SSSR count). The number of carbonyl (C=O) groups is 1. The fourth-order valence-corrected chi connectivity index (χ4v) is 2.04. The largest absolute Gasteiger partial charge is 0.399 e. The predicted octanol–water partition coefficient (Wildman–Crippen LogP) is 1.83. The molecule has 5 nitrogen and oxygen atoms in total. The van der Waals surface area contributed by atoms with Crippen LogP contribution in [-0.2, 0) is 4.79 Å². The Morgan fingerprint density at radius 3 is 2.76 bits per heavy atom. The molecule has 0 radical (unpaired) electrons. The van der Waals surface area contributed by atoms with Gasteiger partial charge in [0.2, 0.25) is 5.91 Å². The van der Waals surface area contributed by atoms with Gasteiger partial charge in [0, 0.05) is 25.3 Å². The maximum absolute atomic E-state index is 13.5. The zero-order valence-corrected chi connectivity index (χ0v) is 12.4. The quantitative estimate of drug-likeness (QED) is 0.608. The summed E-state index contributed by atoms with van der Waals surface area (Å²) in [6, 6.07) is 4.09. The van der Waals surface area contributed by atoms with E-state index in [0.717, 1.165) is 26.1 Å². The van der Waals surface area contributed by atoms with Crippen molar-refractivity contribution in [3.63, 3.8) is 0 Å². The summed E-state index contributed by atoms with van der Waals surface area (Å²) in [6.07, 6.45) is 1.74. The number of aliphatic hydroxyl groups is 1. The Balaban J connectivity index is 2.35. The van der Waals surface area contributed by atoms with Gasteiger partial charge in [0.1, 0.15) is 5.82 Å². The third-order valence-electron chi connectivity index (χ3n) is 3.22. The van der Waals surface area contributed by atoms with E-state index in [1.165, 1.54) is 18.2 Å². The minimum atomic E-state index is -0.490. The molecule has 0 spiro atoms. The van der Waals surface area contributed by atoms with E-state index >= 15 is 0 Å². The van der Waals surface area contributed by atoms with Gasteiger partial charge in [0.05, 0.1) is 5.69 Å². The highest BCUT2D eigenvalue weighted by molar-refractivity contribution is 5.91. The second-order valence-electron chi connectivity index (χ2n) is 4.90. The van der Waals surface area contributed by atoms with E-state index in [4.69, 9.17) is 10.8 Å². The zero-order chi connectivity index (χ0) is 15.7. The lowest BCUT2D eigenvalue weighted by atomic mass is 10.2. The van der Waals surface area contributed by atoms with Crippen LogP contribution >= 0.6 is 0 Å². The Labute approximate surface area is 124 Å². The van der Waals surface area contributed by atoms with Gasteiger partial charge in [-0.15, -0.1) is 0 Å². The molecule has 118 valence electrons. The van der Waals surface area contributed by atoms with Gasteiger partial charge >= 0.3 is 0 Å². The van der Waals surface area contributed by atoms with Crippen LogP contribution in [0.5, 0.6) is 0 Å². The summed E-state index contributed by atoms with van der Waals surface area (Å²) in [5, 5.41) is 11.3. The lowest BCUT2D eigenvalue weighted by Crippen LogP contribution is -2.27. The lowest BCUT2D eigenvalue weighted by Gasteiger charge is -2.19. The normalized spacial score (nSPS) is 10.9. The van der Waals surface area contributed by atoms with Crippen LogP contribution in [0.25, 0.3) is 0 Å². The van der Waals surface area contributed by atoms with E-state index in [1.807, 2.05) is 6.92 Å². The standard InChI is InChI=1S/C15H24FN3O2/c1-2-19(9-4-10-20)8-3-5-15(21)18-14-11-12(17)6-7-13(14)16/h6-7,11,20H,2-5,8-10,17H2,1H3,(H,18,21). The number of hydrogen-bond donors (Lipinski definition) is 3. The number of rotatable bonds is 9. The van der Waals surface area contributed by atoms with Crippen LogP contribution in [0.15, 0.2) is 18.2 Å². The smallest absolute Gasteiger partial charge is 0.224 e. The number of nitrogens with two attached hydrogens (primary N) is 1. The maximum atomic E-state index is 13.5. The van der Waals surface area contributed by atoms with Crippen molar-refractivity contribution in [2.24, 2.45) is 0 Å². The number of anilines is 2. The first-order valence-electron chi connectivity index (χ1n) is 7.25. The fraction of sp³-hybridized carbons (Fsp3) is 0.533. The molecule has 0 aromatic heterocycles. The van der Waals surface area contributed by atoms with Gasteiger partial charge in [-0.1, -0.05) is 6.92 Å². The first-order valence-corrected chi connectivity index (χ1v) is 7.25. The molecule has 0 aliphatic rings. The highest BCUT2D eigenvalue weighted by Crippen LogP contribution is 2.17. The van der Waals surface area contributed by atoms with Crippen LogP contribution in [0, 0.1) is 5.82 Å². The molecule has 0 bridgehead atoms. The number of nitrogen functional groups attached to an aromatic ring is 1. The molecule has 0 heterocycles. The number of hydrogen-bond acceptors (Lipinski definition) is 4. The minimum Gasteiger partial charge on any atom is -0.399 e. The van der Waals surface area contributed by atoms with Crippen LogP contribution in [0.1, 0.15) is 26.2 Å². The van der Waals surface area contributed by atoms with Gasteiger partial charge in [-0.25, -0.2) is 4.39 Å². The van der Waals surface area contributed by atoms with Crippen LogP contribution in [0.3, 0.4) is 0 Å². The molecule has 6 heteroatoms. The number of benzene rings is 1. The first-order chi connectivity index (χ1) is 10.1. The minimum absolute atomic E-state index is 0.118. The molecule has 0 atom stereocenters. The van der Waals surface area contributed by atoms with Gasteiger partial charge in [0.15, 0.2) is 0 Å². The number of aliphatic hydroxyl groups excluding tert-OH is 1. The monoisotopic (exact) mass is 297 g/mol. The highest BCUT2D eigenvalue weighted by Gasteiger charge is 2.08. The second-order valence-corrected chi connectivity index (χ2v) is 4.90. The summed E-state index contributed by atoms with van der Waals surface area (Å²) in [4.78, 5) is 14.0. The van der Waals surface area contributed by atoms with Crippen molar-refractivity contribution in [3.05, 3.63) is 24.0 Å². The van der Waals surface area contributed by atoms with E-state index in [2.05, 4.69) is 10.2 Å². The Bertz CT molecular complexity index is 455. The van der Waals surface area contributed by atoms with Crippen molar-refractivity contribution in [2.45, 2.75) is 26.2 Å². The van der Waals surface area contributed by atoms with E-state index in [0.29, 0.717) is 18.5 Å². The third-order valence-corrected chi connectivity index (χ3v) is 3.22. The van der Waals surface area contributed by atoms with Crippen LogP contribution in [-0.4, -0.2) is 42.2 Å².